The summed E-state index contributed by atoms with van der Waals surface area (Å²) in [6.07, 6.45) is 4.54. The molecule has 4 rings (SSSR count). The van der Waals surface area contributed by atoms with Crippen LogP contribution < -0.4 is 24.3 Å². The molecule has 7 heteroatoms. The maximum atomic E-state index is 13.1. The van der Waals surface area contributed by atoms with E-state index < -0.39 is 0 Å². The van der Waals surface area contributed by atoms with Gasteiger partial charge in [0.15, 0.2) is 11.5 Å². The number of benzene rings is 2. The van der Waals surface area contributed by atoms with Gasteiger partial charge in [-0.2, -0.15) is 0 Å². The van der Waals surface area contributed by atoms with Gasteiger partial charge in [-0.05, 0) is 97.1 Å². The molecule has 1 amide bonds. The van der Waals surface area contributed by atoms with Crippen LogP contribution >= 0.6 is 0 Å². The summed E-state index contributed by atoms with van der Waals surface area (Å²) < 4.78 is 22.1. The largest absolute Gasteiger partial charge is 0.497 e. The average Bonchev–Trinajstić information content (AvgIpc) is 3.13. The normalized spacial score (nSPS) is 18.7. The van der Waals surface area contributed by atoms with E-state index in [2.05, 4.69) is 36.3 Å². The number of nitrogens with one attached hydrogen (secondary N) is 1. The van der Waals surface area contributed by atoms with Crippen molar-refractivity contribution in [2.75, 3.05) is 48.6 Å². The number of carbonyl (C=O) groups is 1. The van der Waals surface area contributed by atoms with E-state index in [4.69, 9.17) is 18.9 Å². The highest BCUT2D eigenvalue weighted by molar-refractivity contribution is 6.08. The summed E-state index contributed by atoms with van der Waals surface area (Å²) in [7, 11) is 8.57. The second-order valence-corrected chi connectivity index (χ2v) is 9.38. The van der Waals surface area contributed by atoms with E-state index in [1.165, 1.54) is 0 Å². The minimum atomic E-state index is 0.0486. The Kier molecular flexibility index (Phi) is 7.89. The van der Waals surface area contributed by atoms with Crippen LogP contribution in [0.15, 0.2) is 35.9 Å². The molecular formula is C29H36N2O5. The van der Waals surface area contributed by atoms with Crippen LogP contribution in [-0.2, 0) is 4.79 Å². The molecule has 2 aliphatic rings. The first kappa shape index (κ1) is 25.6. The zero-order valence-corrected chi connectivity index (χ0v) is 22.1. The molecule has 0 bridgehead atoms. The maximum Gasteiger partial charge on any atom is 0.224 e. The zero-order chi connectivity index (χ0) is 25.8. The molecule has 1 saturated heterocycles. The van der Waals surface area contributed by atoms with Crippen molar-refractivity contribution < 1.29 is 23.7 Å². The first-order valence-corrected chi connectivity index (χ1v) is 12.3. The molecular weight excluding hydrogens is 456 g/mol. The fraction of sp³-hybridized carbons (Fsp3) is 0.414. The molecule has 1 heterocycles. The number of likely N-dealkylation sites (tertiary alicyclic amines) is 1. The minimum Gasteiger partial charge on any atom is -0.497 e. The lowest BCUT2D eigenvalue weighted by molar-refractivity contribution is -0.121. The summed E-state index contributed by atoms with van der Waals surface area (Å²) in [5.41, 5.74) is 6.16. The molecule has 1 unspecified atom stereocenters. The number of nitrogens with zero attached hydrogens (tertiary/aromatic N) is 1. The SMILES string of the molecule is COc1ccc2c(c1)C(CC(=O)NC1CCCN(C)C1)=C(C)C2=Cc1cc(OC)c(OC)c(OC)c1. The molecule has 0 saturated carbocycles. The van der Waals surface area contributed by atoms with E-state index in [1.54, 1.807) is 28.4 Å². The summed E-state index contributed by atoms with van der Waals surface area (Å²) in [5, 5.41) is 3.25. The van der Waals surface area contributed by atoms with E-state index in [-0.39, 0.29) is 11.9 Å². The van der Waals surface area contributed by atoms with E-state index >= 15 is 0 Å². The molecule has 0 radical (unpaired) electrons. The van der Waals surface area contributed by atoms with Crippen LogP contribution in [0.25, 0.3) is 17.2 Å². The third kappa shape index (κ3) is 5.21. The van der Waals surface area contributed by atoms with E-state index in [1.807, 2.05) is 24.3 Å². The number of likely N-dealkylation sites (N-methyl/N-ethyl adjacent to an activating group) is 1. The van der Waals surface area contributed by atoms with Crippen LogP contribution in [-0.4, -0.2) is 65.4 Å². The van der Waals surface area contributed by atoms with Crippen molar-refractivity contribution in [3.05, 3.63) is 52.6 Å². The minimum absolute atomic E-state index is 0.0486. The first-order chi connectivity index (χ1) is 17.4. The zero-order valence-electron chi connectivity index (χ0n) is 22.1. The molecule has 1 aliphatic heterocycles. The number of rotatable bonds is 8. The summed E-state index contributed by atoms with van der Waals surface area (Å²) in [6.45, 7) is 4.05. The summed E-state index contributed by atoms with van der Waals surface area (Å²) in [5.74, 6) is 2.55. The molecule has 36 heavy (non-hydrogen) atoms. The second kappa shape index (κ2) is 11.1. The van der Waals surface area contributed by atoms with E-state index in [0.717, 1.165) is 65.1 Å². The van der Waals surface area contributed by atoms with Crippen molar-refractivity contribution in [1.82, 2.24) is 10.2 Å². The van der Waals surface area contributed by atoms with Gasteiger partial charge in [0.05, 0.1) is 34.9 Å². The second-order valence-electron chi connectivity index (χ2n) is 9.38. The number of ether oxygens (including phenoxy) is 4. The first-order valence-electron chi connectivity index (χ1n) is 12.3. The molecule has 1 aliphatic carbocycles. The Labute approximate surface area is 213 Å². The van der Waals surface area contributed by atoms with Crippen LogP contribution in [0.3, 0.4) is 0 Å². The van der Waals surface area contributed by atoms with Gasteiger partial charge in [-0.3, -0.25) is 4.79 Å². The van der Waals surface area contributed by atoms with Gasteiger partial charge < -0.3 is 29.2 Å². The fourth-order valence-corrected chi connectivity index (χ4v) is 5.19. The lowest BCUT2D eigenvalue weighted by Crippen LogP contribution is -2.46. The molecule has 1 atom stereocenters. The van der Waals surface area contributed by atoms with Crippen LogP contribution in [0.4, 0.5) is 0 Å². The van der Waals surface area contributed by atoms with Gasteiger partial charge in [0.25, 0.3) is 0 Å². The van der Waals surface area contributed by atoms with Crippen molar-refractivity contribution in [3.63, 3.8) is 0 Å². The van der Waals surface area contributed by atoms with Crippen molar-refractivity contribution in [2.24, 2.45) is 0 Å². The van der Waals surface area contributed by atoms with Crippen LogP contribution in [0.1, 0.15) is 42.9 Å². The highest BCUT2D eigenvalue weighted by Gasteiger charge is 2.27. The summed E-state index contributed by atoms with van der Waals surface area (Å²) in [6, 6.07) is 10.1. The predicted octanol–water partition coefficient (Wildman–Crippen LogP) is 4.65. The summed E-state index contributed by atoms with van der Waals surface area (Å²) >= 11 is 0. The molecule has 192 valence electrons. The van der Waals surface area contributed by atoms with Gasteiger partial charge >= 0.3 is 0 Å². The van der Waals surface area contributed by atoms with Crippen molar-refractivity contribution in [3.8, 4) is 23.0 Å². The van der Waals surface area contributed by atoms with Crippen LogP contribution in [0.2, 0.25) is 0 Å². The number of hydrogen-bond acceptors (Lipinski definition) is 6. The Morgan fingerprint density at radius 1 is 1.03 bits per heavy atom. The van der Waals surface area contributed by atoms with Gasteiger partial charge in [-0.15, -0.1) is 0 Å². The number of piperidine rings is 1. The quantitative estimate of drug-likeness (QED) is 0.579. The van der Waals surface area contributed by atoms with Crippen molar-refractivity contribution in [2.45, 2.75) is 32.2 Å². The number of amides is 1. The monoisotopic (exact) mass is 492 g/mol. The highest BCUT2D eigenvalue weighted by Crippen LogP contribution is 2.46. The molecule has 1 fully saturated rings. The van der Waals surface area contributed by atoms with Gasteiger partial charge in [-0.1, -0.05) is 6.07 Å². The Morgan fingerprint density at radius 3 is 2.36 bits per heavy atom. The molecule has 7 nitrogen and oxygen atoms in total. The number of allylic oxidation sites excluding steroid dienone is 2. The van der Waals surface area contributed by atoms with Gasteiger partial charge in [0.2, 0.25) is 11.7 Å². The Hall–Kier alpha value is -3.45. The Balaban J connectivity index is 1.71. The smallest absolute Gasteiger partial charge is 0.224 e. The number of methoxy groups -OCH3 is 4. The molecule has 2 aromatic carbocycles. The maximum absolute atomic E-state index is 13.1. The highest BCUT2D eigenvalue weighted by atomic mass is 16.5. The lowest BCUT2D eigenvalue weighted by Gasteiger charge is -2.30. The molecule has 2 aromatic rings. The van der Waals surface area contributed by atoms with Crippen molar-refractivity contribution >= 4 is 23.1 Å². The van der Waals surface area contributed by atoms with Crippen LogP contribution in [0.5, 0.6) is 23.0 Å². The summed E-state index contributed by atoms with van der Waals surface area (Å²) in [4.78, 5) is 15.4. The lowest BCUT2D eigenvalue weighted by atomic mass is 10.00. The molecule has 1 N–H and O–H groups in total. The number of hydrogen-bond donors (Lipinski definition) is 1. The van der Waals surface area contributed by atoms with E-state index in [9.17, 15) is 4.79 Å². The van der Waals surface area contributed by atoms with Gasteiger partial charge in [-0.25, -0.2) is 0 Å². The molecule has 0 spiro atoms. The number of fused-ring (bicyclic) bond motifs is 1. The topological polar surface area (TPSA) is 69.3 Å². The number of carbonyl (C=O) groups excluding carboxylic acids is 1. The Morgan fingerprint density at radius 2 is 1.75 bits per heavy atom. The predicted molar refractivity (Wildman–Crippen MR) is 143 cm³/mol. The fourth-order valence-electron chi connectivity index (χ4n) is 5.19. The van der Waals surface area contributed by atoms with Crippen molar-refractivity contribution in [1.29, 1.82) is 0 Å². The Bertz CT molecular complexity index is 1180. The van der Waals surface area contributed by atoms with Gasteiger partial charge in [0, 0.05) is 12.6 Å². The van der Waals surface area contributed by atoms with E-state index in [0.29, 0.717) is 23.7 Å². The average molecular weight is 493 g/mol. The standard InChI is InChI=1S/C29H36N2O5/c1-18-23(12-19-13-26(34-4)29(36-6)27(14-19)35-5)22-10-9-21(33-3)15-25(22)24(18)16-28(32)30-20-8-7-11-31(2)17-20/h9-10,12-15,20H,7-8,11,16-17H2,1-6H3,(H,30,32). The van der Waals surface area contributed by atoms with Gasteiger partial charge in [0.1, 0.15) is 5.75 Å². The van der Waals surface area contributed by atoms with Crippen LogP contribution in [0, 0.1) is 0 Å². The third-order valence-electron chi connectivity index (χ3n) is 7.02. The third-order valence-corrected chi connectivity index (χ3v) is 7.02. The molecule has 0 aromatic heterocycles.